The van der Waals surface area contributed by atoms with Crippen LogP contribution in [0, 0.1) is 12.8 Å². The largest absolute Gasteiger partial charge is 0.490 e. The Bertz CT molecular complexity index is 2110. The molecule has 4 amide bonds. The molecule has 0 aliphatic heterocycles. The highest BCUT2D eigenvalue weighted by atomic mass is 19.4. The van der Waals surface area contributed by atoms with Crippen molar-refractivity contribution in [2.75, 3.05) is 11.9 Å². The van der Waals surface area contributed by atoms with Crippen LogP contribution in [-0.4, -0.2) is 71.5 Å². The lowest BCUT2D eigenvalue weighted by atomic mass is 10.00. The Balaban J connectivity index is 0.00000113. The third-order valence-electron chi connectivity index (χ3n) is 8.23. The van der Waals surface area contributed by atoms with Gasteiger partial charge >= 0.3 is 17.8 Å². The number of nitrogens with zero attached hydrogens (tertiary/aromatic N) is 1. The van der Waals surface area contributed by atoms with E-state index >= 15 is 0 Å². The summed E-state index contributed by atoms with van der Waals surface area (Å²) in [5.41, 5.74) is 13.0. The van der Waals surface area contributed by atoms with Gasteiger partial charge in [-0.05, 0) is 61.1 Å². The molecule has 0 radical (unpaired) electrons. The molecular formula is C39H44F3N7O8. The fourth-order valence-electron chi connectivity index (χ4n) is 5.34. The van der Waals surface area contributed by atoms with Gasteiger partial charge in [-0.2, -0.15) is 13.2 Å². The van der Waals surface area contributed by atoms with Crippen LogP contribution >= 0.6 is 0 Å². The minimum atomic E-state index is -5.08. The molecule has 0 saturated heterocycles. The number of aliphatic imine (C=N–C) groups is 1. The number of hydrogen-bond acceptors (Lipinski definition) is 8. The molecule has 0 spiro atoms. The number of halogens is 3. The number of carbonyl (C=O) groups excluding carboxylic acids is 4. The molecule has 4 rings (SSSR count). The number of nitrogens with one attached hydrogen (secondary N) is 4. The van der Waals surface area contributed by atoms with Crippen molar-refractivity contribution in [3.8, 4) is 0 Å². The molecule has 3 atom stereocenters. The predicted molar refractivity (Wildman–Crippen MR) is 206 cm³/mol. The average molecular weight is 796 g/mol. The first kappa shape index (κ1) is 44.7. The van der Waals surface area contributed by atoms with Crippen LogP contribution in [0.15, 0.2) is 99.1 Å². The third-order valence-corrected chi connectivity index (χ3v) is 8.23. The number of rotatable bonds is 15. The van der Waals surface area contributed by atoms with E-state index in [1.807, 2.05) is 30.3 Å². The zero-order chi connectivity index (χ0) is 42.3. The van der Waals surface area contributed by atoms with E-state index in [1.54, 1.807) is 63.2 Å². The summed E-state index contributed by atoms with van der Waals surface area (Å²) in [7, 11) is 0. The smallest absolute Gasteiger partial charge is 0.475 e. The summed E-state index contributed by atoms with van der Waals surface area (Å²) in [6.07, 6.45) is -4.39. The molecule has 18 heteroatoms. The van der Waals surface area contributed by atoms with Crippen molar-refractivity contribution >= 4 is 52.2 Å². The Kier molecular flexibility index (Phi) is 16.3. The average Bonchev–Trinajstić information content (AvgIpc) is 3.14. The molecule has 0 aliphatic carbocycles. The van der Waals surface area contributed by atoms with E-state index in [-0.39, 0.29) is 25.3 Å². The number of benzene rings is 3. The second-order valence-electron chi connectivity index (χ2n) is 13.1. The van der Waals surface area contributed by atoms with Crippen LogP contribution in [-0.2, 0) is 25.6 Å². The SMILES string of the molecule is Cc1cc(=O)oc2cc(NC(=O)[C@H](CCCN=C(N)N)NC(=O)[C@@H](NC(=O)[C@H](Cc3ccccc3)NC(=O)c3ccccc3)C(C)C)ccc12.O=C(O)C(F)(F)F. The number of anilines is 1. The summed E-state index contributed by atoms with van der Waals surface area (Å²) < 4.78 is 37.0. The number of aryl methyl sites for hydroxylation is 1. The van der Waals surface area contributed by atoms with Gasteiger partial charge in [-0.3, -0.25) is 24.2 Å². The van der Waals surface area contributed by atoms with Crippen molar-refractivity contribution in [2.24, 2.45) is 22.4 Å². The minimum Gasteiger partial charge on any atom is -0.475 e. The fraction of sp³-hybridized carbons (Fsp3) is 0.308. The molecule has 304 valence electrons. The van der Waals surface area contributed by atoms with Crippen LogP contribution in [0.1, 0.15) is 48.2 Å². The summed E-state index contributed by atoms with van der Waals surface area (Å²) in [6, 6.07) is 20.9. The third kappa shape index (κ3) is 14.5. The van der Waals surface area contributed by atoms with Crippen molar-refractivity contribution in [3.05, 3.63) is 112 Å². The van der Waals surface area contributed by atoms with Crippen LogP contribution in [0.25, 0.3) is 11.0 Å². The number of guanidine groups is 1. The number of carboxylic acid groups (broad SMARTS) is 1. The Hall–Kier alpha value is -6.72. The molecule has 4 aromatic rings. The van der Waals surface area contributed by atoms with Crippen molar-refractivity contribution in [3.63, 3.8) is 0 Å². The Morgan fingerprint density at radius 2 is 1.44 bits per heavy atom. The molecular weight excluding hydrogens is 751 g/mol. The van der Waals surface area contributed by atoms with Gasteiger partial charge < -0.3 is 42.3 Å². The van der Waals surface area contributed by atoms with Crippen molar-refractivity contribution < 1.29 is 46.7 Å². The first-order valence-corrected chi connectivity index (χ1v) is 17.6. The molecule has 0 fully saturated rings. The molecule has 9 N–H and O–H groups in total. The molecule has 0 saturated carbocycles. The normalized spacial score (nSPS) is 12.5. The monoisotopic (exact) mass is 795 g/mol. The number of fused-ring (bicyclic) bond motifs is 1. The molecule has 0 bridgehead atoms. The van der Waals surface area contributed by atoms with E-state index in [1.165, 1.54) is 12.1 Å². The van der Waals surface area contributed by atoms with Crippen LogP contribution in [0.2, 0.25) is 0 Å². The number of carbonyl (C=O) groups is 5. The molecule has 57 heavy (non-hydrogen) atoms. The van der Waals surface area contributed by atoms with Gasteiger partial charge in [-0.25, -0.2) is 9.59 Å². The maximum Gasteiger partial charge on any atom is 0.490 e. The zero-order valence-electron chi connectivity index (χ0n) is 31.3. The second kappa shape index (κ2) is 20.8. The molecule has 1 heterocycles. The van der Waals surface area contributed by atoms with E-state index in [0.717, 1.165) is 11.1 Å². The molecule has 1 aromatic heterocycles. The lowest BCUT2D eigenvalue weighted by Gasteiger charge is -2.27. The Morgan fingerprint density at radius 3 is 2.02 bits per heavy atom. The van der Waals surface area contributed by atoms with E-state index < -0.39 is 65.4 Å². The van der Waals surface area contributed by atoms with Gasteiger partial charge in [0.25, 0.3) is 5.91 Å². The standard InChI is InChI=1S/C37H43N7O6.C2HF3O2/c1-22(2)32(44-35(48)29(20-24-11-6-4-7-12-24)43-33(46)25-13-8-5-9-14-25)36(49)42-28(15-10-18-40-37(38)39)34(47)41-26-16-17-27-23(3)19-31(45)50-30(27)21-26;3-2(4,5)1(6)7/h4-9,11-14,16-17,19,21-22,28-29,32H,10,15,18,20H2,1-3H3,(H,41,47)(H,42,49)(H,43,46)(H,44,48)(H4,38,39,40);(H,6,7)/t28-,29-,32-;/m0./s1. The topological polar surface area (TPSA) is 248 Å². The highest BCUT2D eigenvalue weighted by Gasteiger charge is 2.38. The summed E-state index contributed by atoms with van der Waals surface area (Å²) in [5, 5.41) is 19.0. The maximum absolute atomic E-state index is 13.8. The molecule has 3 aromatic carbocycles. The predicted octanol–water partition coefficient (Wildman–Crippen LogP) is 3.39. The molecule has 15 nitrogen and oxygen atoms in total. The van der Waals surface area contributed by atoms with Crippen molar-refractivity contribution in [2.45, 2.75) is 64.3 Å². The zero-order valence-corrected chi connectivity index (χ0v) is 31.3. The number of amides is 4. The van der Waals surface area contributed by atoms with Gasteiger partial charge in [0.15, 0.2) is 5.96 Å². The Morgan fingerprint density at radius 1 is 0.825 bits per heavy atom. The Labute approximate surface area is 325 Å². The summed E-state index contributed by atoms with van der Waals surface area (Å²) in [5.74, 6) is -5.38. The maximum atomic E-state index is 13.8. The van der Waals surface area contributed by atoms with Gasteiger partial charge in [-0.1, -0.05) is 62.4 Å². The summed E-state index contributed by atoms with van der Waals surface area (Å²) in [6.45, 7) is 5.52. The van der Waals surface area contributed by atoms with Crippen molar-refractivity contribution in [1.82, 2.24) is 16.0 Å². The van der Waals surface area contributed by atoms with E-state index in [9.17, 15) is 37.1 Å². The van der Waals surface area contributed by atoms with Crippen LogP contribution in [0.3, 0.4) is 0 Å². The summed E-state index contributed by atoms with van der Waals surface area (Å²) >= 11 is 0. The lowest BCUT2D eigenvalue weighted by Crippen LogP contribution is -2.58. The van der Waals surface area contributed by atoms with E-state index in [0.29, 0.717) is 28.6 Å². The second-order valence-corrected chi connectivity index (χ2v) is 13.1. The highest BCUT2D eigenvalue weighted by Crippen LogP contribution is 2.21. The molecule has 0 aliphatic rings. The van der Waals surface area contributed by atoms with Gasteiger partial charge in [-0.15, -0.1) is 0 Å². The van der Waals surface area contributed by atoms with Gasteiger partial charge in [0.1, 0.15) is 23.7 Å². The van der Waals surface area contributed by atoms with Gasteiger partial charge in [0, 0.05) is 41.7 Å². The number of hydrogen-bond donors (Lipinski definition) is 7. The highest BCUT2D eigenvalue weighted by molar-refractivity contribution is 6.01. The minimum absolute atomic E-state index is 0.102. The molecule has 0 unspecified atom stereocenters. The van der Waals surface area contributed by atoms with Crippen LogP contribution < -0.4 is 38.4 Å². The number of carboxylic acids is 1. The number of aliphatic carboxylic acids is 1. The first-order chi connectivity index (χ1) is 26.8. The summed E-state index contributed by atoms with van der Waals surface area (Å²) in [4.78, 5) is 79.0. The lowest BCUT2D eigenvalue weighted by molar-refractivity contribution is -0.192. The van der Waals surface area contributed by atoms with Crippen LogP contribution in [0.4, 0.5) is 18.9 Å². The van der Waals surface area contributed by atoms with E-state index in [2.05, 4.69) is 26.3 Å². The van der Waals surface area contributed by atoms with Crippen molar-refractivity contribution in [1.29, 1.82) is 0 Å². The van der Waals surface area contributed by atoms with E-state index in [4.69, 9.17) is 25.8 Å². The quantitative estimate of drug-likeness (QED) is 0.0400. The fourth-order valence-corrected chi connectivity index (χ4v) is 5.34. The van der Waals surface area contributed by atoms with Crippen LogP contribution in [0.5, 0.6) is 0 Å². The van der Waals surface area contributed by atoms with Gasteiger partial charge in [0.05, 0.1) is 0 Å². The number of nitrogens with two attached hydrogens (primary N) is 2. The van der Waals surface area contributed by atoms with Gasteiger partial charge in [0.2, 0.25) is 17.7 Å². The first-order valence-electron chi connectivity index (χ1n) is 17.6. The number of alkyl halides is 3.